The fraction of sp³-hybridized carbons (Fsp3) is 0.135. The predicted octanol–water partition coefficient (Wildman–Crippen LogP) is 7.64. The molecule has 45 heavy (non-hydrogen) atoms. The number of thiazole rings is 1. The molecule has 8 rings (SSSR count). The smallest absolute Gasteiger partial charge is 0.271 e. The van der Waals surface area contributed by atoms with Gasteiger partial charge < -0.3 is 9.30 Å². The number of hydrogen-bond donors (Lipinski definition) is 0. The van der Waals surface area contributed by atoms with Gasteiger partial charge in [0.05, 0.1) is 23.4 Å². The Morgan fingerprint density at radius 3 is 2.60 bits per heavy atom. The molecule has 0 saturated carbocycles. The lowest BCUT2D eigenvalue weighted by atomic mass is 9.83. The zero-order valence-electron chi connectivity index (χ0n) is 24.3. The van der Waals surface area contributed by atoms with Gasteiger partial charge in [0.1, 0.15) is 5.75 Å². The molecule has 2 aliphatic rings. The van der Waals surface area contributed by atoms with Crippen LogP contribution in [-0.4, -0.2) is 16.2 Å². The van der Waals surface area contributed by atoms with E-state index in [1.807, 2.05) is 47.0 Å². The maximum atomic E-state index is 14.4. The van der Waals surface area contributed by atoms with Crippen LogP contribution in [0, 0.1) is 0 Å². The first-order chi connectivity index (χ1) is 22.0. The Hall–Kier alpha value is -4.36. The minimum Gasteiger partial charge on any atom is -0.497 e. The number of aromatic nitrogens is 2. The molecule has 0 bridgehead atoms. The van der Waals surface area contributed by atoms with E-state index < -0.39 is 0 Å². The van der Waals surface area contributed by atoms with Crippen LogP contribution in [0.4, 0.5) is 0 Å². The summed E-state index contributed by atoms with van der Waals surface area (Å²) in [7, 11) is 1.66. The maximum Gasteiger partial charge on any atom is 0.271 e. The van der Waals surface area contributed by atoms with E-state index in [0.29, 0.717) is 25.9 Å². The third-order valence-corrected chi connectivity index (χ3v) is 10.3. The molecule has 3 heterocycles. The molecule has 1 aliphatic carbocycles. The molecule has 6 aromatic rings. The molecule has 0 radical (unpaired) electrons. The number of allylic oxidation sites excluding steroid dienone is 1. The fourth-order valence-electron chi connectivity index (χ4n) is 6.60. The summed E-state index contributed by atoms with van der Waals surface area (Å²) < 4.78 is 10.1. The number of nitrogens with zero attached hydrogens (tertiary/aromatic N) is 3. The van der Waals surface area contributed by atoms with Gasteiger partial charge in [-0.15, -0.1) is 0 Å². The van der Waals surface area contributed by atoms with Gasteiger partial charge in [-0.3, -0.25) is 9.36 Å². The lowest BCUT2D eigenvalue weighted by molar-refractivity contribution is 0.414. The maximum absolute atomic E-state index is 14.4. The Bertz CT molecular complexity index is 2350. The molecule has 0 amide bonds. The SMILES string of the molecule is COc1ccc([C@@H]2C3=C(N=c4s/c(=C\c5cn(Cc6ccc(Cl)cc6Cl)c6ccccc56)c(=O)n42)c2ccccc2CC3)cc1. The van der Waals surface area contributed by atoms with Gasteiger partial charge in [0, 0.05) is 44.8 Å². The van der Waals surface area contributed by atoms with Crippen molar-refractivity contribution in [2.24, 2.45) is 4.99 Å². The van der Waals surface area contributed by atoms with E-state index in [4.69, 9.17) is 32.9 Å². The Balaban J connectivity index is 1.30. The molecule has 2 aromatic heterocycles. The lowest BCUT2D eigenvalue weighted by Gasteiger charge is -2.30. The van der Waals surface area contributed by atoms with Crippen molar-refractivity contribution in [3.8, 4) is 5.75 Å². The summed E-state index contributed by atoms with van der Waals surface area (Å²) in [5, 5.41) is 2.29. The zero-order valence-corrected chi connectivity index (χ0v) is 26.7. The Labute approximate surface area is 273 Å². The van der Waals surface area contributed by atoms with Crippen LogP contribution in [0.5, 0.6) is 5.75 Å². The largest absolute Gasteiger partial charge is 0.497 e. The number of halogens is 2. The van der Waals surface area contributed by atoms with Crippen molar-refractivity contribution in [2.75, 3.05) is 7.11 Å². The Morgan fingerprint density at radius 1 is 0.978 bits per heavy atom. The zero-order chi connectivity index (χ0) is 30.7. The highest BCUT2D eigenvalue weighted by molar-refractivity contribution is 7.07. The summed E-state index contributed by atoms with van der Waals surface area (Å²) in [6, 6.07) is 30.1. The van der Waals surface area contributed by atoms with E-state index in [-0.39, 0.29) is 11.6 Å². The van der Waals surface area contributed by atoms with Gasteiger partial charge in [0.25, 0.3) is 5.56 Å². The first kappa shape index (κ1) is 28.1. The number of ether oxygens (including phenoxy) is 1. The van der Waals surface area contributed by atoms with Gasteiger partial charge in [-0.2, -0.15) is 0 Å². The van der Waals surface area contributed by atoms with Gasteiger partial charge in [-0.1, -0.05) is 95.2 Å². The van der Waals surface area contributed by atoms with Crippen molar-refractivity contribution in [1.29, 1.82) is 0 Å². The number of fused-ring (bicyclic) bond motifs is 4. The summed E-state index contributed by atoms with van der Waals surface area (Å²) >= 11 is 14.1. The highest BCUT2D eigenvalue weighted by Crippen LogP contribution is 2.41. The number of aryl methyl sites for hydroxylation is 1. The van der Waals surface area contributed by atoms with Crippen molar-refractivity contribution >= 4 is 57.2 Å². The van der Waals surface area contributed by atoms with Crippen LogP contribution >= 0.6 is 34.5 Å². The molecule has 0 N–H and O–H groups in total. The number of benzene rings is 4. The van der Waals surface area contributed by atoms with E-state index in [2.05, 4.69) is 59.3 Å². The van der Waals surface area contributed by atoms with E-state index in [1.165, 1.54) is 22.5 Å². The van der Waals surface area contributed by atoms with Gasteiger partial charge in [0.15, 0.2) is 4.80 Å². The number of para-hydroxylation sites is 1. The van der Waals surface area contributed by atoms with Crippen molar-refractivity contribution in [3.05, 3.63) is 160 Å². The van der Waals surface area contributed by atoms with Gasteiger partial charge in [-0.25, -0.2) is 4.99 Å². The molecule has 0 unspecified atom stereocenters. The molecule has 5 nitrogen and oxygen atoms in total. The first-order valence-electron chi connectivity index (χ1n) is 14.8. The minimum absolute atomic E-state index is 0.0393. The second-order valence-corrected chi connectivity index (χ2v) is 13.2. The third kappa shape index (κ3) is 4.85. The van der Waals surface area contributed by atoms with E-state index in [0.717, 1.165) is 57.4 Å². The topological polar surface area (TPSA) is 48.5 Å². The second kappa shape index (κ2) is 11.2. The molecule has 1 atom stereocenters. The highest BCUT2D eigenvalue weighted by atomic mass is 35.5. The van der Waals surface area contributed by atoms with Crippen LogP contribution in [-0.2, 0) is 13.0 Å². The lowest BCUT2D eigenvalue weighted by Crippen LogP contribution is -2.38. The molecule has 8 heteroatoms. The van der Waals surface area contributed by atoms with Crippen molar-refractivity contribution < 1.29 is 4.74 Å². The first-order valence-corrected chi connectivity index (χ1v) is 16.3. The molecule has 0 fully saturated rings. The molecular weight excluding hydrogens is 621 g/mol. The van der Waals surface area contributed by atoms with Gasteiger partial charge >= 0.3 is 0 Å². The van der Waals surface area contributed by atoms with Crippen molar-refractivity contribution in [3.63, 3.8) is 0 Å². The fourth-order valence-corrected chi connectivity index (χ4v) is 8.06. The van der Waals surface area contributed by atoms with Crippen LogP contribution in [0.2, 0.25) is 10.0 Å². The standard InChI is InChI=1S/C37H27Cl2N3O2S/c1-44-27-15-11-23(12-16-27)35-30-17-13-22-6-2-3-8-29(22)34(30)40-37-42(35)36(43)33(45-37)18-25-21-41(32-9-5-4-7-28(25)32)20-24-10-14-26(38)19-31(24)39/h2-12,14-16,18-19,21,35H,13,17,20H2,1H3/b33-18-/t35-/m1/s1. The molecule has 0 saturated heterocycles. The second-order valence-electron chi connectivity index (χ2n) is 11.4. The molecule has 4 aromatic carbocycles. The summed E-state index contributed by atoms with van der Waals surface area (Å²) in [5.41, 5.74) is 8.61. The summed E-state index contributed by atoms with van der Waals surface area (Å²) in [4.78, 5) is 20.2. The van der Waals surface area contributed by atoms with E-state index in [9.17, 15) is 4.79 Å². The average molecular weight is 649 g/mol. The van der Waals surface area contributed by atoms with Crippen LogP contribution in [0.15, 0.2) is 113 Å². The van der Waals surface area contributed by atoms with Crippen molar-refractivity contribution in [2.45, 2.75) is 25.4 Å². The van der Waals surface area contributed by atoms with E-state index >= 15 is 0 Å². The number of rotatable bonds is 5. The highest BCUT2D eigenvalue weighted by Gasteiger charge is 2.32. The van der Waals surface area contributed by atoms with Crippen molar-refractivity contribution in [1.82, 2.24) is 9.13 Å². The normalized spacial score (nSPS) is 15.9. The number of hydrogen-bond acceptors (Lipinski definition) is 4. The Kier molecular flexibility index (Phi) is 7.01. The average Bonchev–Trinajstić information content (AvgIpc) is 3.57. The van der Waals surface area contributed by atoms with E-state index in [1.54, 1.807) is 13.2 Å². The van der Waals surface area contributed by atoms with Gasteiger partial charge in [-0.05, 0) is 71.5 Å². The molecule has 0 spiro atoms. The molecule has 1 aliphatic heterocycles. The quantitative estimate of drug-likeness (QED) is 0.193. The van der Waals surface area contributed by atoms with Crippen LogP contribution in [0.3, 0.4) is 0 Å². The van der Waals surface area contributed by atoms with Crippen LogP contribution in [0.25, 0.3) is 22.7 Å². The van der Waals surface area contributed by atoms with Gasteiger partial charge in [0.2, 0.25) is 0 Å². The predicted molar refractivity (Wildman–Crippen MR) is 183 cm³/mol. The molecule has 222 valence electrons. The third-order valence-electron chi connectivity index (χ3n) is 8.77. The summed E-state index contributed by atoms with van der Waals surface area (Å²) in [5.74, 6) is 0.783. The minimum atomic E-state index is -0.244. The Morgan fingerprint density at radius 2 is 1.78 bits per heavy atom. The monoisotopic (exact) mass is 647 g/mol. The van der Waals surface area contributed by atoms with Crippen LogP contribution < -0.4 is 19.6 Å². The molecular formula is C37H27Cl2N3O2S. The van der Waals surface area contributed by atoms with Crippen LogP contribution in [0.1, 0.15) is 40.3 Å². The summed E-state index contributed by atoms with van der Waals surface area (Å²) in [6.45, 7) is 0.579. The summed E-state index contributed by atoms with van der Waals surface area (Å²) in [6.07, 6.45) is 5.86. The number of methoxy groups -OCH3 is 1.